The van der Waals surface area contributed by atoms with Gasteiger partial charge in [0, 0.05) is 7.11 Å². The van der Waals surface area contributed by atoms with Crippen LogP contribution in [0.1, 0.15) is 17.3 Å². The normalized spacial score (nSPS) is 31.3. The summed E-state index contributed by atoms with van der Waals surface area (Å²) in [5.74, 6) is -0.581. The van der Waals surface area contributed by atoms with Gasteiger partial charge in [-0.2, -0.15) is 0 Å². The number of hydrogen-bond acceptors (Lipinski definition) is 4. The minimum atomic E-state index is -1.39. The van der Waals surface area contributed by atoms with Crippen LogP contribution in [0.15, 0.2) is 30.3 Å². The van der Waals surface area contributed by atoms with Crippen molar-refractivity contribution >= 4 is 5.97 Å². The SMILES string of the molecule is CO[C@@H]1O[C@H](C)[C@@H](F)[C@H]1OC(=O)c1ccccc1. The van der Waals surface area contributed by atoms with Crippen molar-refractivity contribution in [2.45, 2.75) is 31.6 Å². The molecule has 1 heterocycles. The highest BCUT2D eigenvalue weighted by Gasteiger charge is 2.46. The number of carbonyl (C=O) groups excluding carboxylic acids is 1. The Hall–Kier alpha value is -1.46. The molecule has 0 N–H and O–H groups in total. The number of hydrogen-bond donors (Lipinski definition) is 0. The zero-order valence-electron chi connectivity index (χ0n) is 10.2. The van der Waals surface area contributed by atoms with Crippen molar-refractivity contribution < 1.29 is 23.4 Å². The number of carbonyl (C=O) groups is 1. The Bertz CT molecular complexity index is 409. The summed E-state index contributed by atoms with van der Waals surface area (Å²) in [6.45, 7) is 1.58. The summed E-state index contributed by atoms with van der Waals surface area (Å²) < 4.78 is 29.1. The van der Waals surface area contributed by atoms with Crippen molar-refractivity contribution in [3.63, 3.8) is 0 Å². The zero-order chi connectivity index (χ0) is 13.1. The van der Waals surface area contributed by atoms with Gasteiger partial charge in [0.05, 0.1) is 11.7 Å². The first-order valence-electron chi connectivity index (χ1n) is 5.72. The maximum atomic E-state index is 13.8. The summed E-state index contributed by atoms with van der Waals surface area (Å²) in [7, 11) is 1.39. The highest BCUT2D eigenvalue weighted by molar-refractivity contribution is 5.89. The number of methoxy groups -OCH3 is 1. The quantitative estimate of drug-likeness (QED) is 0.773. The van der Waals surface area contributed by atoms with E-state index in [-0.39, 0.29) is 0 Å². The molecule has 1 aromatic carbocycles. The third-order valence-electron chi connectivity index (χ3n) is 2.86. The van der Waals surface area contributed by atoms with Crippen molar-refractivity contribution in [2.24, 2.45) is 0 Å². The molecule has 1 fully saturated rings. The molecule has 1 aliphatic heterocycles. The molecule has 0 saturated carbocycles. The highest BCUT2D eigenvalue weighted by atomic mass is 19.1. The largest absolute Gasteiger partial charge is 0.450 e. The second-order valence-corrected chi connectivity index (χ2v) is 4.13. The Morgan fingerprint density at radius 3 is 2.61 bits per heavy atom. The topological polar surface area (TPSA) is 44.8 Å². The van der Waals surface area contributed by atoms with Crippen molar-refractivity contribution in [3.05, 3.63) is 35.9 Å². The molecule has 18 heavy (non-hydrogen) atoms. The van der Waals surface area contributed by atoms with E-state index in [9.17, 15) is 9.18 Å². The highest BCUT2D eigenvalue weighted by Crippen LogP contribution is 2.27. The number of alkyl halides is 1. The summed E-state index contributed by atoms with van der Waals surface area (Å²) in [6, 6.07) is 8.43. The number of esters is 1. The van der Waals surface area contributed by atoms with Crippen LogP contribution in [0.3, 0.4) is 0 Å². The van der Waals surface area contributed by atoms with Gasteiger partial charge in [-0.25, -0.2) is 9.18 Å². The molecule has 0 aliphatic carbocycles. The summed E-state index contributed by atoms with van der Waals surface area (Å²) >= 11 is 0. The molecule has 4 nitrogen and oxygen atoms in total. The molecule has 0 radical (unpaired) electrons. The van der Waals surface area contributed by atoms with Crippen LogP contribution < -0.4 is 0 Å². The fourth-order valence-electron chi connectivity index (χ4n) is 1.86. The van der Waals surface area contributed by atoms with Crippen LogP contribution in [0.25, 0.3) is 0 Å². The van der Waals surface area contributed by atoms with Crippen molar-refractivity contribution in [2.75, 3.05) is 7.11 Å². The van der Waals surface area contributed by atoms with E-state index in [2.05, 4.69) is 0 Å². The standard InChI is InChI=1S/C13H15FO4/c1-8-10(14)11(13(16-2)17-8)18-12(15)9-6-4-3-5-7-9/h3-8,10-11,13H,1-2H3/t8-,10-,11-,13-/m1/s1. The van der Waals surface area contributed by atoms with Crippen LogP contribution in [0.5, 0.6) is 0 Å². The predicted molar refractivity (Wildman–Crippen MR) is 61.9 cm³/mol. The molecule has 4 atom stereocenters. The van der Waals surface area contributed by atoms with Crippen LogP contribution in [0, 0.1) is 0 Å². The fraction of sp³-hybridized carbons (Fsp3) is 0.462. The number of ether oxygens (including phenoxy) is 3. The van der Waals surface area contributed by atoms with E-state index < -0.39 is 30.6 Å². The molecule has 0 unspecified atom stereocenters. The molecule has 98 valence electrons. The van der Waals surface area contributed by atoms with Crippen LogP contribution >= 0.6 is 0 Å². The predicted octanol–water partition coefficient (Wildman–Crippen LogP) is 1.94. The van der Waals surface area contributed by atoms with Gasteiger partial charge >= 0.3 is 5.97 Å². The van der Waals surface area contributed by atoms with Gasteiger partial charge in [0.1, 0.15) is 0 Å². The van der Waals surface area contributed by atoms with Crippen LogP contribution in [-0.4, -0.2) is 37.7 Å². The van der Waals surface area contributed by atoms with Crippen molar-refractivity contribution in [1.82, 2.24) is 0 Å². The van der Waals surface area contributed by atoms with Crippen molar-refractivity contribution in [1.29, 1.82) is 0 Å². The van der Waals surface area contributed by atoms with E-state index in [0.29, 0.717) is 5.56 Å². The summed E-state index contributed by atoms with van der Waals surface area (Å²) in [4.78, 5) is 11.8. The molecule has 5 heteroatoms. The van der Waals surface area contributed by atoms with Gasteiger partial charge < -0.3 is 14.2 Å². The second kappa shape index (κ2) is 5.46. The summed E-state index contributed by atoms with van der Waals surface area (Å²) in [5, 5.41) is 0. The molecule has 0 aromatic heterocycles. The molecule has 0 bridgehead atoms. The third kappa shape index (κ3) is 2.52. The maximum Gasteiger partial charge on any atom is 0.338 e. The smallest absolute Gasteiger partial charge is 0.338 e. The van der Waals surface area contributed by atoms with Gasteiger partial charge in [-0.3, -0.25) is 0 Å². The van der Waals surface area contributed by atoms with E-state index in [1.165, 1.54) is 7.11 Å². The van der Waals surface area contributed by atoms with Gasteiger partial charge in [0.25, 0.3) is 0 Å². The Morgan fingerprint density at radius 1 is 1.33 bits per heavy atom. The van der Waals surface area contributed by atoms with Gasteiger partial charge in [-0.15, -0.1) is 0 Å². The summed E-state index contributed by atoms with van der Waals surface area (Å²) in [6.07, 6.45) is -3.92. The molecule has 0 spiro atoms. The van der Waals surface area contributed by atoms with Crippen LogP contribution in [0.2, 0.25) is 0 Å². The average Bonchev–Trinajstić information content (AvgIpc) is 2.67. The minimum Gasteiger partial charge on any atom is -0.450 e. The lowest BCUT2D eigenvalue weighted by molar-refractivity contribution is -0.147. The van der Waals surface area contributed by atoms with E-state index in [0.717, 1.165) is 0 Å². The third-order valence-corrected chi connectivity index (χ3v) is 2.86. The van der Waals surface area contributed by atoms with Gasteiger partial charge in [-0.05, 0) is 19.1 Å². The molecular weight excluding hydrogens is 239 g/mol. The van der Waals surface area contributed by atoms with E-state index in [1.807, 2.05) is 0 Å². The Morgan fingerprint density at radius 2 is 2.00 bits per heavy atom. The van der Waals surface area contributed by atoms with Gasteiger partial charge in [0.15, 0.2) is 18.6 Å². The lowest BCUT2D eigenvalue weighted by Gasteiger charge is -2.18. The van der Waals surface area contributed by atoms with Gasteiger partial charge in [0.2, 0.25) is 0 Å². The van der Waals surface area contributed by atoms with E-state index in [4.69, 9.17) is 14.2 Å². The minimum absolute atomic E-state index is 0.374. The fourth-order valence-corrected chi connectivity index (χ4v) is 1.86. The van der Waals surface area contributed by atoms with Crippen molar-refractivity contribution in [3.8, 4) is 0 Å². The molecule has 0 amide bonds. The first-order valence-corrected chi connectivity index (χ1v) is 5.72. The average molecular weight is 254 g/mol. The first-order chi connectivity index (χ1) is 8.63. The molecule has 1 aromatic rings. The second-order valence-electron chi connectivity index (χ2n) is 4.13. The number of benzene rings is 1. The maximum absolute atomic E-state index is 13.8. The number of halogens is 1. The van der Waals surface area contributed by atoms with Crippen LogP contribution in [-0.2, 0) is 14.2 Å². The Kier molecular flexibility index (Phi) is 3.93. The Balaban J connectivity index is 2.06. The van der Waals surface area contributed by atoms with E-state index >= 15 is 0 Å². The molecule has 1 aliphatic rings. The monoisotopic (exact) mass is 254 g/mol. The van der Waals surface area contributed by atoms with E-state index in [1.54, 1.807) is 37.3 Å². The lowest BCUT2D eigenvalue weighted by atomic mass is 10.2. The summed E-state index contributed by atoms with van der Waals surface area (Å²) in [5.41, 5.74) is 0.374. The first kappa shape index (κ1) is 13.0. The molecule has 1 saturated heterocycles. The number of rotatable bonds is 3. The molecular formula is C13H15FO4. The zero-order valence-corrected chi connectivity index (χ0v) is 10.2. The van der Waals surface area contributed by atoms with Gasteiger partial charge in [-0.1, -0.05) is 18.2 Å². The molecule has 2 rings (SSSR count). The Labute approximate surface area is 105 Å². The lowest BCUT2D eigenvalue weighted by Crippen LogP contribution is -2.35. The van der Waals surface area contributed by atoms with Crippen LogP contribution in [0.4, 0.5) is 4.39 Å².